The Morgan fingerprint density at radius 3 is 2.69 bits per heavy atom. The number of benzene rings is 1. The minimum Gasteiger partial charge on any atom is -0.396 e. The SMILES string of the molecule is C.Cc1ccc2c(c1)c1c(n2CC(CO)c2ccncc2)CCN(C)C1. The Morgan fingerprint density at radius 2 is 1.96 bits per heavy atom. The molecule has 3 aromatic rings. The summed E-state index contributed by atoms with van der Waals surface area (Å²) >= 11 is 0. The second kappa shape index (κ2) is 7.60. The van der Waals surface area contributed by atoms with E-state index in [1.807, 2.05) is 12.1 Å². The van der Waals surface area contributed by atoms with Gasteiger partial charge in [-0.3, -0.25) is 4.98 Å². The van der Waals surface area contributed by atoms with Crippen LogP contribution in [0.2, 0.25) is 0 Å². The smallest absolute Gasteiger partial charge is 0.0516 e. The number of nitrogens with zero attached hydrogens (tertiary/aromatic N) is 3. The molecule has 0 fully saturated rings. The van der Waals surface area contributed by atoms with Gasteiger partial charge in [-0.25, -0.2) is 0 Å². The van der Waals surface area contributed by atoms with Crippen molar-refractivity contribution in [2.75, 3.05) is 20.2 Å². The maximum absolute atomic E-state index is 10.00. The topological polar surface area (TPSA) is 41.3 Å². The fourth-order valence-electron chi connectivity index (χ4n) is 4.03. The van der Waals surface area contributed by atoms with E-state index in [0.717, 1.165) is 31.6 Å². The summed E-state index contributed by atoms with van der Waals surface area (Å²) in [6.07, 6.45) is 4.67. The second-order valence-corrected chi connectivity index (χ2v) is 7.20. The molecule has 1 unspecified atom stereocenters. The van der Waals surface area contributed by atoms with E-state index in [2.05, 4.69) is 46.6 Å². The second-order valence-electron chi connectivity index (χ2n) is 7.20. The Kier molecular flexibility index (Phi) is 5.44. The molecule has 1 N–H and O–H groups in total. The van der Waals surface area contributed by atoms with Gasteiger partial charge in [0.15, 0.2) is 0 Å². The molecule has 138 valence electrons. The molecule has 0 spiro atoms. The van der Waals surface area contributed by atoms with Gasteiger partial charge in [0.25, 0.3) is 0 Å². The number of hydrogen-bond donors (Lipinski definition) is 1. The molecule has 0 saturated heterocycles. The molecule has 4 rings (SSSR count). The van der Waals surface area contributed by atoms with Gasteiger partial charge >= 0.3 is 0 Å². The highest BCUT2D eigenvalue weighted by Gasteiger charge is 2.24. The number of rotatable bonds is 4. The largest absolute Gasteiger partial charge is 0.396 e. The van der Waals surface area contributed by atoms with E-state index < -0.39 is 0 Å². The standard InChI is InChI=1S/C21H25N3O.CH4/c1-15-3-4-20-18(11-15)19-13-23(2)10-7-21(19)24(20)12-17(14-25)16-5-8-22-9-6-16;/h3-6,8-9,11,17,25H,7,10,12-14H2,1-2H3;1H4. The summed E-state index contributed by atoms with van der Waals surface area (Å²) < 4.78 is 2.44. The quantitative estimate of drug-likeness (QED) is 0.778. The molecule has 0 saturated carbocycles. The number of aromatic nitrogens is 2. The summed E-state index contributed by atoms with van der Waals surface area (Å²) in [6.45, 7) is 5.19. The molecule has 0 bridgehead atoms. The first-order chi connectivity index (χ1) is 12.2. The number of pyridine rings is 1. The van der Waals surface area contributed by atoms with Crippen molar-refractivity contribution in [1.82, 2.24) is 14.5 Å². The van der Waals surface area contributed by atoms with Crippen LogP contribution in [0.5, 0.6) is 0 Å². The van der Waals surface area contributed by atoms with Gasteiger partial charge in [-0.05, 0) is 49.4 Å². The minimum absolute atomic E-state index is 0. The Hall–Kier alpha value is -2.17. The highest BCUT2D eigenvalue weighted by atomic mass is 16.3. The van der Waals surface area contributed by atoms with Crippen molar-refractivity contribution in [1.29, 1.82) is 0 Å². The van der Waals surface area contributed by atoms with Crippen LogP contribution < -0.4 is 0 Å². The van der Waals surface area contributed by atoms with Crippen LogP contribution in [0.15, 0.2) is 42.7 Å². The molecule has 2 aromatic heterocycles. The van der Waals surface area contributed by atoms with E-state index in [4.69, 9.17) is 0 Å². The summed E-state index contributed by atoms with van der Waals surface area (Å²) in [5.41, 5.74) is 6.63. The first-order valence-electron chi connectivity index (χ1n) is 8.97. The lowest BCUT2D eigenvalue weighted by Gasteiger charge is -2.25. The zero-order valence-electron chi connectivity index (χ0n) is 14.9. The number of hydrogen-bond acceptors (Lipinski definition) is 3. The number of fused-ring (bicyclic) bond motifs is 3. The van der Waals surface area contributed by atoms with Gasteiger partial charge in [-0.15, -0.1) is 0 Å². The lowest BCUT2D eigenvalue weighted by atomic mass is 10.0. The van der Waals surface area contributed by atoms with E-state index >= 15 is 0 Å². The molecule has 1 aromatic carbocycles. The van der Waals surface area contributed by atoms with Crippen molar-refractivity contribution in [3.63, 3.8) is 0 Å². The zero-order chi connectivity index (χ0) is 17.4. The molecule has 3 heterocycles. The molecule has 0 radical (unpaired) electrons. The number of aryl methyl sites for hydroxylation is 1. The first kappa shape index (κ1) is 18.6. The normalized spacial score (nSPS) is 15.5. The molecule has 4 heteroatoms. The van der Waals surface area contributed by atoms with Gasteiger partial charge in [-0.1, -0.05) is 19.1 Å². The predicted molar refractivity (Wildman–Crippen MR) is 108 cm³/mol. The van der Waals surface area contributed by atoms with E-state index in [0.29, 0.717) is 0 Å². The third-order valence-corrected chi connectivity index (χ3v) is 5.40. The average Bonchev–Trinajstić information content (AvgIpc) is 2.92. The highest BCUT2D eigenvalue weighted by molar-refractivity contribution is 5.86. The monoisotopic (exact) mass is 351 g/mol. The van der Waals surface area contributed by atoms with Crippen LogP contribution in [0, 0.1) is 6.92 Å². The summed E-state index contributed by atoms with van der Waals surface area (Å²) in [5.74, 6) is 0.0867. The van der Waals surface area contributed by atoms with Crippen LogP contribution in [0.4, 0.5) is 0 Å². The number of likely N-dealkylation sites (N-methyl/N-ethyl adjacent to an activating group) is 1. The van der Waals surface area contributed by atoms with Crippen molar-refractivity contribution >= 4 is 10.9 Å². The van der Waals surface area contributed by atoms with Crippen molar-refractivity contribution in [2.24, 2.45) is 0 Å². The molecular weight excluding hydrogens is 322 g/mol. The molecule has 1 atom stereocenters. The predicted octanol–water partition coefficient (Wildman–Crippen LogP) is 3.74. The van der Waals surface area contributed by atoms with Gasteiger partial charge in [0, 0.05) is 61.0 Å². The van der Waals surface area contributed by atoms with E-state index in [9.17, 15) is 5.11 Å². The fourth-order valence-corrected chi connectivity index (χ4v) is 4.03. The van der Waals surface area contributed by atoms with Crippen LogP contribution >= 0.6 is 0 Å². The molecule has 26 heavy (non-hydrogen) atoms. The van der Waals surface area contributed by atoms with Crippen LogP contribution in [-0.4, -0.2) is 39.8 Å². The van der Waals surface area contributed by atoms with E-state index in [1.165, 1.54) is 27.7 Å². The maximum atomic E-state index is 10.00. The Labute approximate surface area is 156 Å². The third-order valence-electron chi connectivity index (χ3n) is 5.40. The molecule has 1 aliphatic rings. The van der Waals surface area contributed by atoms with Crippen molar-refractivity contribution in [2.45, 2.75) is 39.8 Å². The lowest BCUT2D eigenvalue weighted by Crippen LogP contribution is -2.28. The number of aliphatic hydroxyl groups is 1. The van der Waals surface area contributed by atoms with Crippen molar-refractivity contribution in [3.8, 4) is 0 Å². The number of aliphatic hydroxyl groups excluding tert-OH is 1. The third kappa shape index (κ3) is 3.27. The summed E-state index contributed by atoms with van der Waals surface area (Å²) in [7, 11) is 2.19. The fraction of sp³-hybridized carbons (Fsp3) is 0.409. The van der Waals surface area contributed by atoms with Gasteiger partial charge < -0.3 is 14.6 Å². The molecule has 1 aliphatic heterocycles. The van der Waals surface area contributed by atoms with E-state index in [1.54, 1.807) is 12.4 Å². The summed E-state index contributed by atoms with van der Waals surface area (Å²) in [6, 6.07) is 10.8. The molecular formula is C22H29N3O. The summed E-state index contributed by atoms with van der Waals surface area (Å²) in [5, 5.41) is 11.4. The highest BCUT2D eigenvalue weighted by Crippen LogP contribution is 2.33. The van der Waals surface area contributed by atoms with Gasteiger partial charge in [-0.2, -0.15) is 0 Å². The van der Waals surface area contributed by atoms with Crippen LogP contribution in [-0.2, 0) is 19.5 Å². The van der Waals surface area contributed by atoms with Crippen molar-refractivity contribution < 1.29 is 5.11 Å². The Morgan fingerprint density at radius 1 is 1.19 bits per heavy atom. The zero-order valence-corrected chi connectivity index (χ0v) is 14.9. The summed E-state index contributed by atoms with van der Waals surface area (Å²) in [4.78, 5) is 6.49. The molecule has 4 nitrogen and oxygen atoms in total. The van der Waals surface area contributed by atoms with Crippen LogP contribution in [0.3, 0.4) is 0 Å². The average molecular weight is 351 g/mol. The maximum Gasteiger partial charge on any atom is 0.0516 e. The Bertz CT molecular complexity index is 885. The molecule has 0 amide bonds. The molecule has 0 aliphatic carbocycles. The van der Waals surface area contributed by atoms with Crippen LogP contribution in [0.25, 0.3) is 10.9 Å². The van der Waals surface area contributed by atoms with Gasteiger partial charge in [0.05, 0.1) is 6.61 Å². The lowest BCUT2D eigenvalue weighted by molar-refractivity contribution is 0.251. The van der Waals surface area contributed by atoms with Crippen molar-refractivity contribution in [3.05, 3.63) is 65.1 Å². The first-order valence-corrected chi connectivity index (χ1v) is 8.97. The van der Waals surface area contributed by atoms with Crippen LogP contribution in [0.1, 0.15) is 35.7 Å². The van der Waals surface area contributed by atoms with E-state index in [-0.39, 0.29) is 20.0 Å². The Balaban J connectivity index is 0.00000196. The minimum atomic E-state index is 0. The van der Waals surface area contributed by atoms with Gasteiger partial charge in [0.1, 0.15) is 0 Å². The van der Waals surface area contributed by atoms with Gasteiger partial charge in [0.2, 0.25) is 0 Å².